The number of benzene rings is 1. The summed E-state index contributed by atoms with van der Waals surface area (Å²) >= 11 is 5.80. The quantitative estimate of drug-likeness (QED) is 0.865. The highest BCUT2D eigenvalue weighted by molar-refractivity contribution is 6.29. The predicted molar refractivity (Wildman–Crippen MR) is 90.4 cm³/mol. The lowest BCUT2D eigenvalue weighted by atomic mass is 10.1. The first kappa shape index (κ1) is 16.8. The number of hydrogen-bond acceptors (Lipinski definition) is 3. The molecular weight excluding hydrogens is 300 g/mol. The van der Waals surface area contributed by atoms with Gasteiger partial charge in [0.1, 0.15) is 5.60 Å². The number of anilines is 1. The van der Waals surface area contributed by atoms with Gasteiger partial charge in [-0.15, -0.1) is 0 Å². The summed E-state index contributed by atoms with van der Waals surface area (Å²) < 4.78 is 5.26. The molecule has 0 fully saturated rings. The van der Waals surface area contributed by atoms with Crippen LogP contribution in [0.2, 0.25) is 0 Å². The Morgan fingerprint density at radius 2 is 2.18 bits per heavy atom. The van der Waals surface area contributed by atoms with Crippen molar-refractivity contribution in [3.05, 3.63) is 40.9 Å². The number of rotatable bonds is 4. The van der Waals surface area contributed by atoms with Crippen molar-refractivity contribution in [2.45, 2.75) is 45.3 Å². The average Bonchev–Trinajstić information content (AvgIpc) is 2.76. The molecule has 0 aromatic heterocycles. The maximum atomic E-state index is 11.8. The van der Waals surface area contributed by atoms with Crippen LogP contribution < -0.4 is 10.6 Å². The maximum absolute atomic E-state index is 11.8. The van der Waals surface area contributed by atoms with E-state index in [2.05, 4.69) is 17.2 Å². The number of halogens is 1. The fourth-order valence-corrected chi connectivity index (χ4v) is 2.64. The van der Waals surface area contributed by atoms with Crippen LogP contribution in [0.1, 0.15) is 44.4 Å². The molecule has 1 aromatic carbocycles. The minimum atomic E-state index is -0.500. The Hall–Kier alpha value is -1.52. The minimum Gasteiger partial charge on any atom is -0.444 e. The molecule has 1 aromatic rings. The van der Waals surface area contributed by atoms with E-state index >= 15 is 0 Å². The maximum Gasteiger partial charge on any atom is 0.412 e. The van der Waals surface area contributed by atoms with Crippen LogP contribution in [0.3, 0.4) is 0 Å². The normalized spacial score (nSPS) is 17.0. The summed E-state index contributed by atoms with van der Waals surface area (Å²) in [5.74, 6) is 0. The van der Waals surface area contributed by atoms with Crippen molar-refractivity contribution in [3.63, 3.8) is 0 Å². The van der Waals surface area contributed by atoms with Gasteiger partial charge in [0.05, 0.1) is 0 Å². The molecule has 1 aliphatic rings. The first-order chi connectivity index (χ1) is 10.2. The topological polar surface area (TPSA) is 50.4 Å². The number of aryl methyl sites for hydroxylation is 1. The van der Waals surface area contributed by atoms with Gasteiger partial charge in [0, 0.05) is 23.3 Å². The summed E-state index contributed by atoms with van der Waals surface area (Å²) in [7, 11) is 0. The zero-order valence-corrected chi connectivity index (χ0v) is 14.1. The third-order valence-corrected chi connectivity index (χ3v) is 3.54. The van der Waals surface area contributed by atoms with Crippen molar-refractivity contribution in [3.8, 4) is 0 Å². The van der Waals surface area contributed by atoms with Crippen LogP contribution in [-0.2, 0) is 11.2 Å². The molecular formula is C17H23ClN2O2. The summed E-state index contributed by atoms with van der Waals surface area (Å²) in [6, 6.07) is 6.25. The molecule has 0 saturated heterocycles. The zero-order chi connectivity index (χ0) is 16.3. The van der Waals surface area contributed by atoms with Crippen molar-refractivity contribution < 1.29 is 9.53 Å². The minimum absolute atomic E-state index is 0.293. The molecule has 1 atom stereocenters. The van der Waals surface area contributed by atoms with Crippen molar-refractivity contribution >= 4 is 23.4 Å². The van der Waals surface area contributed by atoms with Gasteiger partial charge in [-0.3, -0.25) is 5.32 Å². The molecule has 2 rings (SSSR count). The van der Waals surface area contributed by atoms with Crippen LogP contribution in [0.5, 0.6) is 0 Å². The first-order valence-electron chi connectivity index (χ1n) is 7.44. The van der Waals surface area contributed by atoms with Crippen molar-refractivity contribution in [1.82, 2.24) is 5.32 Å². The van der Waals surface area contributed by atoms with Gasteiger partial charge in [-0.25, -0.2) is 4.79 Å². The zero-order valence-electron chi connectivity index (χ0n) is 13.3. The van der Waals surface area contributed by atoms with Crippen LogP contribution in [0.25, 0.3) is 0 Å². The van der Waals surface area contributed by atoms with Crippen LogP contribution in [-0.4, -0.2) is 18.2 Å². The van der Waals surface area contributed by atoms with E-state index in [1.165, 1.54) is 11.1 Å². The molecule has 0 saturated carbocycles. The molecule has 2 N–H and O–H groups in total. The molecule has 0 radical (unpaired) electrons. The lowest BCUT2D eigenvalue weighted by Gasteiger charge is -2.20. The van der Waals surface area contributed by atoms with Gasteiger partial charge in [-0.2, -0.15) is 0 Å². The Labute approximate surface area is 136 Å². The third-order valence-electron chi connectivity index (χ3n) is 3.41. The van der Waals surface area contributed by atoms with E-state index in [4.69, 9.17) is 16.3 Å². The van der Waals surface area contributed by atoms with E-state index in [1.54, 1.807) is 0 Å². The second-order valence-corrected chi connectivity index (χ2v) is 7.06. The Morgan fingerprint density at radius 1 is 1.45 bits per heavy atom. The molecule has 4 nitrogen and oxygen atoms in total. The molecule has 0 aliphatic heterocycles. The fraction of sp³-hybridized carbons (Fsp3) is 0.471. The lowest BCUT2D eigenvalue weighted by Crippen LogP contribution is -2.27. The van der Waals surface area contributed by atoms with Crippen LogP contribution in [0, 0.1) is 0 Å². The summed E-state index contributed by atoms with van der Waals surface area (Å²) in [5, 5.41) is 6.77. The van der Waals surface area contributed by atoms with Gasteiger partial charge >= 0.3 is 6.09 Å². The molecule has 1 amide bonds. The predicted octanol–water partition coefficient (Wildman–Crippen LogP) is 4.36. The first-order valence-corrected chi connectivity index (χ1v) is 7.82. The largest absolute Gasteiger partial charge is 0.444 e. The van der Waals surface area contributed by atoms with Gasteiger partial charge in [-0.05, 0) is 56.9 Å². The Balaban J connectivity index is 2.01. The number of nitrogens with one attached hydrogen (secondary N) is 2. The van der Waals surface area contributed by atoms with E-state index in [1.807, 2.05) is 39.0 Å². The molecule has 1 unspecified atom stereocenters. The monoisotopic (exact) mass is 322 g/mol. The number of ether oxygens (including phenoxy) is 1. The molecule has 120 valence electrons. The van der Waals surface area contributed by atoms with E-state index < -0.39 is 11.7 Å². The highest BCUT2D eigenvalue weighted by Crippen LogP contribution is 2.33. The number of hydrogen-bond donors (Lipinski definition) is 2. The van der Waals surface area contributed by atoms with Crippen LogP contribution in [0.4, 0.5) is 10.5 Å². The van der Waals surface area contributed by atoms with E-state index in [0.717, 1.165) is 18.5 Å². The van der Waals surface area contributed by atoms with Gasteiger partial charge in [0.25, 0.3) is 0 Å². The Morgan fingerprint density at radius 3 is 2.82 bits per heavy atom. The molecule has 22 heavy (non-hydrogen) atoms. The summed E-state index contributed by atoms with van der Waals surface area (Å²) in [6.07, 6.45) is 1.57. The van der Waals surface area contributed by atoms with E-state index in [-0.39, 0.29) is 0 Å². The highest BCUT2D eigenvalue weighted by Gasteiger charge is 2.23. The second-order valence-electron chi connectivity index (χ2n) is 6.53. The van der Waals surface area contributed by atoms with Crippen molar-refractivity contribution in [2.75, 3.05) is 11.9 Å². The Bertz CT molecular complexity index is 579. The second kappa shape index (κ2) is 6.71. The molecule has 0 heterocycles. The lowest BCUT2D eigenvalue weighted by molar-refractivity contribution is 0.0636. The Kier molecular flexibility index (Phi) is 5.14. The third kappa shape index (κ3) is 4.75. The molecule has 0 spiro atoms. The average molecular weight is 323 g/mol. The molecule has 1 aliphatic carbocycles. The summed E-state index contributed by atoms with van der Waals surface area (Å²) in [6.45, 7) is 9.82. The number of amides is 1. The SMILES string of the molecule is C=C(Cl)CNC1CCc2cc(NC(=O)OC(C)(C)C)ccc21. The van der Waals surface area contributed by atoms with Crippen LogP contribution in [0.15, 0.2) is 29.8 Å². The van der Waals surface area contributed by atoms with E-state index in [0.29, 0.717) is 17.6 Å². The van der Waals surface area contributed by atoms with Gasteiger partial charge in [0.15, 0.2) is 0 Å². The van der Waals surface area contributed by atoms with E-state index in [9.17, 15) is 4.79 Å². The standard InChI is InChI=1S/C17H23ClN2O2/c1-11(18)10-19-15-8-5-12-9-13(6-7-14(12)15)20-16(21)22-17(2,3)4/h6-7,9,15,19H,1,5,8,10H2,2-4H3,(H,20,21). The van der Waals surface area contributed by atoms with Gasteiger partial charge in [-0.1, -0.05) is 24.2 Å². The van der Waals surface area contributed by atoms with Crippen LogP contribution >= 0.6 is 11.6 Å². The fourth-order valence-electron chi connectivity index (χ4n) is 2.56. The van der Waals surface area contributed by atoms with Crippen molar-refractivity contribution in [2.24, 2.45) is 0 Å². The van der Waals surface area contributed by atoms with Gasteiger partial charge in [0.2, 0.25) is 0 Å². The molecule has 0 bridgehead atoms. The van der Waals surface area contributed by atoms with Gasteiger partial charge < -0.3 is 10.1 Å². The smallest absolute Gasteiger partial charge is 0.412 e. The number of carbonyl (C=O) groups excluding carboxylic acids is 1. The number of carbonyl (C=O) groups is 1. The summed E-state index contributed by atoms with van der Waals surface area (Å²) in [5.41, 5.74) is 2.76. The van der Waals surface area contributed by atoms with Crippen molar-refractivity contribution in [1.29, 1.82) is 0 Å². The number of fused-ring (bicyclic) bond motifs is 1. The highest BCUT2D eigenvalue weighted by atomic mass is 35.5. The summed E-state index contributed by atoms with van der Waals surface area (Å²) in [4.78, 5) is 11.8. The molecule has 5 heteroatoms.